The summed E-state index contributed by atoms with van der Waals surface area (Å²) in [6.07, 6.45) is 0. The molecule has 32 nitrogen and oxygen atoms in total. The number of benzene rings is 8. The van der Waals surface area contributed by atoms with Gasteiger partial charge in [0, 0.05) is 22.8 Å². The molecular weight excluding hydrogens is 1580 g/mol. The Morgan fingerprint density at radius 1 is 0.328 bits per heavy atom. The summed E-state index contributed by atoms with van der Waals surface area (Å²) >= 11 is 0. The molecule has 0 radical (unpaired) electrons. The Morgan fingerprint density at radius 3 is 1.07 bits per heavy atom. The normalized spacial score (nSPS) is 11.8. The maximum atomic E-state index is 14.5. The van der Waals surface area contributed by atoms with Gasteiger partial charge in [-0.1, -0.05) is 127 Å². The molecule has 622 valence electrons. The number of para-hydroxylation sites is 4. The summed E-state index contributed by atoms with van der Waals surface area (Å²) in [6.45, 7) is 48.3. The van der Waals surface area contributed by atoms with Crippen LogP contribution in [0.2, 0.25) is 0 Å². The maximum absolute atomic E-state index is 14.5. The van der Waals surface area contributed by atoms with Crippen molar-refractivity contribution in [1.82, 2.24) is 68.1 Å². The van der Waals surface area contributed by atoms with E-state index in [1.807, 2.05) is 201 Å². The van der Waals surface area contributed by atoms with Crippen LogP contribution in [0.1, 0.15) is 109 Å². The van der Waals surface area contributed by atoms with E-state index in [1.165, 1.54) is 10.6 Å². The largest absolute Gasteiger partial charge is 0.392 e. The average Bonchev–Trinajstić information content (AvgIpc) is 0.759. The zero-order valence-corrected chi connectivity index (χ0v) is 69.4. The fourth-order valence-electron chi connectivity index (χ4n) is 14.6. The fourth-order valence-corrected chi connectivity index (χ4v) is 14.6. The number of hydrogen-bond donors (Lipinski definition) is 10. The van der Waals surface area contributed by atoms with Gasteiger partial charge in [0.1, 0.15) is 52.4 Å². The Balaban J connectivity index is 0.000000143. The molecule has 8 aromatic heterocycles. The van der Waals surface area contributed by atoms with Gasteiger partial charge in [-0.25, -0.2) is 73.6 Å². The summed E-state index contributed by atoms with van der Waals surface area (Å²) in [5.41, 5.74) is 44.3. The second-order valence-electron chi connectivity index (χ2n) is 29.1. The molecule has 33 heteroatoms. The molecule has 16 rings (SSSR count). The molecule has 0 bridgehead atoms. The average molecular weight is 1660 g/mol. The van der Waals surface area contributed by atoms with Crippen LogP contribution in [0, 0.1) is 73.6 Å². The molecule has 0 unspecified atom stereocenters. The van der Waals surface area contributed by atoms with Crippen molar-refractivity contribution in [2.75, 3.05) is 55.7 Å². The van der Waals surface area contributed by atoms with Crippen LogP contribution in [0.4, 0.5) is 85.8 Å². The molecule has 16 N–H and O–H groups in total. The highest BCUT2D eigenvalue weighted by Gasteiger charge is 2.28. The predicted molar refractivity (Wildman–Crippen MR) is 490 cm³/mol. The van der Waals surface area contributed by atoms with Gasteiger partial charge >= 0.3 is 0 Å². The second-order valence-corrected chi connectivity index (χ2v) is 29.1. The van der Waals surface area contributed by atoms with E-state index in [0.717, 1.165) is 44.7 Å². The Hall–Kier alpha value is -17.3. The first-order valence-electron chi connectivity index (χ1n) is 39.0. The van der Waals surface area contributed by atoms with Crippen molar-refractivity contribution in [2.24, 2.45) is 0 Å². The zero-order chi connectivity index (χ0) is 89.4. The van der Waals surface area contributed by atoms with Gasteiger partial charge in [-0.3, -0.25) is 37.4 Å². The van der Waals surface area contributed by atoms with Gasteiger partial charge in [0.15, 0.2) is 0 Å². The fraction of sp³-hybridized carbons (Fsp3) is 0.152. The van der Waals surface area contributed by atoms with Crippen LogP contribution in [-0.4, -0.2) is 68.1 Å². The molecule has 125 heavy (non-hydrogen) atoms. The summed E-state index contributed by atoms with van der Waals surface area (Å²) in [5, 5.41) is 15.9. The number of nitrogens with two attached hydrogens (primary N) is 6. The number of anilines is 10. The summed E-state index contributed by atoms with van der Waals surface area (Å²) in [6, 6.07) is 58.8. The number of nitrogens with zero attached hydrogens (tertiary/aromatic N) is 18. The number of aryl methyl sites for hydroxylation is 6. The first-order chi connectivity index (χ1) is 60.0. The number of aromatic nitrogens is 14. The first kappa shape index (κ1) is 85.5. The highest BCUT2D eigenvalue weighted by atomic mass is 19.1. The lowest BCUT2D eigenvalue weighted by Gasteiger charge is -2.22. The number of hydrogen-bond acceptors (Lipinski definition) is 24. The summed E-state index contributed by atoms with van der Waals surface area (Å²) in [7, 11) is 0. The van der Waals surface area contributed by atoms with Crippen molar-refractivity contribution in [3.8, 4) is 22.7 Å². The van der Waals surface area contributed by atoms with Gasteiger partial charge in [-0.2, -0.15) is 0 Å². The molecule has 0 saturated carbocycles. The molecular formula is C92H83FN28O4. The first-order valence-corrected chi connectivity index (χ1v) is 39.0. The minimum atomic E-state index is -0.575. The minimum absolute atomic E-state index is 0.0133. The Labute approximate surface area is 715 Å². The van der Waals surface area contributed by atoms with E-state index in [-0.39, 0.29) is 98.1 Å². The van der Waals surface area contributed by atoms with Gasteiger partial charge in [0.25, 0.3) is 33.6 Å². The van der Waals surface area contributed by atoms with Gasteiger partial charge in [0.05, 0.1) is 106 Å². The Kier molecular flexibility index (Phi) is 25.0. The van der Waals surface area contributed by atoms with E-state index in [0.29, 0.717) is 84.2 Å². The van der Waals surface area contributed by atoms with Crippen molar-refractivity contribution in [3.05, 3.63) is 350 Å². The Morgan fingerprint density at radius 2 is 0.648 bits per heavy atom. The lowest BCUT2D eigenvalue weighted by Crippen LogP contribution is -2.28. The smallest absolute Gasteiger partial charge is 0.268 e. The van der Waals surface area contributed by atoms with Crippen LogP contribution in [0.3, 0.4) is 0 Å². The molecule has 0 aliphatic heterocycles. The van der Waals surface area contributed by atoms with E-state index in [4.69, 9.17) is 70.7 Å². The number of rotatable bonds is 16. The zero-order valence-electron chi connectivity index (χ0n) is 69.4. The number of halogens is 1. The van der Waals surface area contributed by atoms with Crippen molar-refractivity contribution < 1.29 is 4.39 Å². The third-order valence-electron chi connectivity index (χ3n) is 20.5. The second kappa shape index (κ2) is 36.5. The molecule has 8 aromatic carbocycles. The van der Waals surface area contributed by atoms with E-state index in [1.54, 1.807) is 76.1 Å². The van der Waals surface area contributed by atoms with Crippen molar-refractivity contribution in [2.45, 2.75) is 93.4 Å². The molecule has 0 fully saturated rings. The molecule has 16 aromatic rings. The van der Waals surface area contributed by atoms with Crippen molar-refractivity contribution in [1.29, 1.82) is 0 Å². The summed E-state index contributed by atoms with van der Waals surface area (Å²) in [4.78, 5) is 110. The lowest BCUT2D eigenvalue weighted by atomic mass is 10.0. The minimum Gasteiger partial charge on any atom is -0.392 e. The summed E-state index contributed by atoms with van der Waals surface area (Å²) < 4.78 is 20.9. The maximum Gasteiger partial charge on any atom is 0.268 e. The highest BCUT2D eigenvalue weighted by Crippen LogP contribution is 2.38. The van der Waals surface area contributed by atoms with Gasteiger partial charge in [-0.05, 0) is 175 Å². The molecule has 0 aliphatic carbocycles. The molecule has 0 saturated heterocycles. The van der Waals surface area contributed by atoms with E-state index in [9.17, 15) is 23.6 Å². The predicted octanol–water partition coefficient (Wildman–Crippen LogP) is 16.3. The molecule has 0 amide bonds. The standard InChI is InChI=1S/C24H22N6O.C23H19FN6O.C23H22N8O.C22H20N8O/c1-14-9-8-10-17-13-19(30(23(31)20(14)17)18-11-6-5-7-12-18)15(2)27-22-21(26-4)16(3)28-24(25)29-22;1-13(27-21-20(26-3)14(2)28-23(25)29-21)18-12-15-8-7-11-17(24)19(15)22(31)30(18)16-9-5-4-6-10-16;1-12-8-5-6-11-16(12)31-21(28-15-10-7-9-13(2)17(15)22(31)32)14(3)27-20-18(26-4)19(24)29-23(25)30-20;1-12-8-7-11-15-16(12)21(31)30(14-9-5-4-6-10-14)20(27-15)13(2)26-19-17(25-3)18(23)28-22(24)29-19/h5-13,15H,1-3H3,(H3,25,27,28,29);4-13H,1-2H3,(H3,25,27,28,29);5-11,14H,1-3H3,(H5,24,25,27,29,30);4-11,13H,1-2H3,(H5,23,24,26,28,29)/t15-;13-;14-;13-/m0000/s1. The number of fused-ring (bicyclic) bond motifs is 4. The van der Waals surface area contributed by atoms with E-state index < -0.39 is 29.5 Å². The topological polar surface area (TPSA) is 439 Å². The van der Waals surface area contributed by atoms with Crippen LogP contribution in [0.25, 0.3) is 85.5 Å². The Bertz CT molecular complexity index is 6850. The third-order valence-corrected chi connectivity index (χ3v) is 20.5. The van der Waals surface area contributed by atoms with Crippen LogP contribution in [-0.2, 0) is 0 Å². The van der Waals surface area contributed by atoms with Crippen molar-refractivity contribution >= 4 is 125 Å². The SMILES string of the molecule is [C-]#[N+]c1c(C)nc(N)nc1N[C@@H](C)c1cc2cccc(C)c2c(=O)n1-c1ccccc1.[C-]#[N+]c1c(C)nc(N)nc1N[C@@H](C)c1cc2cccc(F)c2c(=O)n1-c1ccccc1.[C-]#[N+]c1c(N)nc(N)nc1N[C@@H](C)c1nc2cccc(C)c2c(=O)n1-c1ccccc1.[C-]#[N+]c1c(N)nc(N)nc1N[C@@H](C)c1nc2cccc(C)c2c(=O)n1-c1ccccc1C. The highest BCUT2D eigenvalue weighted by molar-refractivity contribution is 5.88. The van der Waals surface area contributed by atoms with Crippen LogP contribution in [0.5, 0.6) is 0 Å². The molecule has 0 aliphatic rings. The van der Waals surface area contributed by atoms with Gasteiger partial charge < -0.3 is 55.7 Å². The molecule has 0 spiro atoms. The van der Waals surface area contributed by atoms with E-state index in [2.05, 4.69) is 80.5 Å². The molecule has 4 atom stereocenters. The third kappa shape index (κ3) is 17.6. The van der Waals surface area contributed by atoms with E-state index >= 15 is 0 Å². The van der Waals surface area contributed by atoms with Crippen LogP contribution >= 0.6 is 0 Å². The quantitative estimate of drug-likeness (QED) is 0.0402. The summed E-state index contributed by atoms with van der Waals surface area (Å²) in [5.74, 6) is 1.35. The number of nitrogen functional groups attached to an aromatic ring is 6. The van der Waals surface area contributed by atoms with Crippen LogP contribution < -0.4 is 77.9 Å². The monoisotopic (exact) mass is 1660 g/mol. The van der Waals surface area contributed by atoms with Gasteiger partial charge in [-0.15, -0.1) is 0 Å². The van der Waals surface area contributed by atoms with Gasteiger partial charge in [0.2, 0.25) is 35.2 Å². The molecule has 8 heterocycles. The number of pyridine rings is 2. The van der Waals surface area contributed by atoms with Crippen LogP contribution in [0.15, 0.2) is 219 Å². The number of nitrogens with one attached hydrogen (secondary N) is 4. The van der Waals surface area contributed by atoms with Crippen molar-refractivity contribution in [3.63, 3.8) is 0 Å². The lowest BCUT2D eigenvalue weighted by molar-refractivity contribution is 0.637.